The number of amides is 1. The van der Waals surface area contributed by atoms with Crippen LogP contribution in [0.5, 0.6) is 0 Å². The van der Waals surface area contributed by atoms with Gasteiger partial charge in [0.2, 0.25) is 0 Å². The molecule has 0 saturated carbocycles. The molecule has 0 aliphatic rings. The summed E-state index contributed by atoms with van der Waals surface area (Å²) in [4.78, 5) is 40.0. The van der Waals surface area contributed by atoms with Crippen molar-refractivity contribution in [2.24, 2.45) is 0 Å². The highest BCUT2D eigenvalue weighted by molar-refractivity contribution is 7.18. The summed E-state index contributed by atoms with van der Waals surface area (Å²) < 4.78 is 5.53. The lowest BCUT2D eigenvalue weighted by atomic mass is 10.2. The number of hydrogen-bond donors (Lipinski definition) is 1. The monoisotopic (exact) mass is 400 g/mol. The van der Waals surface area contributed by atoms with Gasteiger partial charge in [0.25, 0.3) is 5.91 Å². The molecule has 0 aliphatic heterocycles. The van der Waals surface area contributed by atoms with Crippen LogP contribution in [0.4, 0.5) is 5.69 Å². The van der Waals surface area contributed by atoms with Gasteiger partial charge in [-0.3, -0.25) is 14.4 Å². The van der Waals surface area contributed by atoms with Gasteiger partial charge in [0, 0.05) is 12.6 Å². The van der Waals surface area contributed by atoms with Crippen LogP contribution in [0.2, 0.25) is 9.49 Å². The minimum absolute atomic E-state index is 0.0154. The summed E-state index contributed by atoms with van der Waals surface area (Å²) >= 11 is 12.8. The second-order valence-electron chi connectivity index (χ2n) is 4.99. The highest BCUT2D eigenvalue weighted by Gasteiger charge is 2.20. The van der Waals surface area contributed by atoms with Gasteiger partial charge in [-0.15, -0.1) is 11.3 Å². The highest BCUT2D eigenvalue weighted by Crippen LogP contribution is 2.23. The molecular weight excluding hydrogens is 387 g/mol. The molecule has 0 unspecified atom stereocenters. The maximum atomic E-state index is 12.0. The fourth-order valence-corrected chi connectivity index (χ4v) is 3.00. The molecule has 1 amide bonds. The van der Waals surface area contributed by atoms with Crippen LogP contribution >= 0.6 is 34.5 Å². The molecule has 2 aromatic rings. The predicted molar refractivity (Wildman–Crippen MR) is 96.3 cm³/mol. The third kappa shape index (κ3) is 5.81. The van der Waals surface area contributed by atoms with Crippen molar-refractivity contribution in [3.63, 3.8) is 0 Å². The number of carbonyl (C=O) groups is 3. The first-order chi connectivity index (χ1) is 11.9. The molecule has 0 aromatic carbocycles. The van der Waals surface area contributed by atoms with Crippen LogP contribution < -0.4 is 5.32 Å². The minimum atomic E-state index is -1.03. The summed E-state index contributed by atoms with van der Waals surface area (Å²) in [5.74, 6) is -1.39. The third-order valence-corrected chi connectivity index (χ3v) is 4.67. The number of nitrogens with one attached hydrogen (secondary N) is 1. The van der Waals surface area contributed by atoms with Gasteiger partial charge in [-0.2, -0.15) is 0 Å². The number of rotatable bonds is 7. The number of Topliss-reactive ketones (excluding diaryl/α,β-unsaturated/α-hetero) is 1. The SMILES string of the molecule is C[C@H](OC(=O)CCC(=O)c1ccc(Cl)s1)C(=O)Nc1cccnc1Cl. The van der Waals surface area contributed by atoms with E-state index >= 15 is 0 Å². The van der Waals surface area contributed by atoms with E-state index in [1.807, 2.05) is 0 Å². The Morgan fingerprint density at radius 1 is 1.24 bits per heavy atom. The van der Waals surface area contributed by atoms with E-state index in [9.17, 15) is 14.4 Å². The largest absolute Gasteiger partial charge is 0.453 e. The topological polar surface area (TPSA) is 85.4 Å². The molecule has 6 nitrogen and oxygen atoms in total. The lowest BCUT2D eigenvalue weighted by Gasteiger charge is -2.13. The standard InChI is InChI=1S/C16H14Cl2N2O4S/c1-9(16(23)20-10-3-2-8-19-15(10)18)24-14(22)7-4-11(21)12-5-6-13(17)25-12/h2-3,5-6,8-9H,4,7H2,1H3,(H,20,23)/t9-/m0/s1. The number of esters is 1. The number of pyridine rings is 1. The molecular formula is C16H14Cl2N2O4S. The van der Waals surface area contributed by atoms with Crippen molar-refractivity contribution < 1.29 is 19.1 Å². The maximum absolute atomic E-state index is 12.0. The first kappa shape index (κ1) is 19.4. The number of aromatic nitrogens is 1. The Balaban J connectivity index is 1.80. The first-order valence-corrected chi connectivity index (χ1v) is 8.83. The van der Waals surface area contributed by atoms with Crippen molar-refractivity contribution in [2.45, 2.75) is 25.9 Å². The summed E-state index contributed by atoms with van der Waals surface area (Å²) in [5, 5.41) is 2.65. The number of ether oxygens (including phenoxy) is 1. The number of carbonyl (C=O) groups excluding carboxylic acids is 3. The fourth-order valence-electron chi connectivity index (χ4n) is 1.83. The van der Waals surface area contributed by atoms with Crippen LogP contribution in [-0.4, -0.2) is 28.7 Å². The molecule has 0 bridgehead atoms. The number of nitrogens with zero attached hydrogens (tertiary/aromatic N) is 1. The molecule has 132 valence electrons. The van der Waals surface area contributed by atoms with Crippen molar-refractivity contribution in [2.75, 3.05) is 5.32 Å². The molecule has 9 heteroatoms. The predicted octanol–water partition coefficient (Wildman–Crippen LogP) is 3.98. The third-order valence-electron chi connectivity index (χ3n) is 3.10. The van der Waals surface area contributed by atoms with E-state index in [1.54, 1.807) is 24.3 Å². The first-order valence-electron chi connectivity index (χ1n) is 7.26. The van der Waals surface area contributed by atoms with Gasteiger partial charge in [-0.25, -0.2) is 4.98 Å². The Bertz CT molecular complexity index is 794. The second-order valence-corrected chi connectivity index (χ2v) is 7.06. The quantitative estimate of drug-likeness (QED) is 0.431. The van der Waals surface area contributed by atoms with Gasteiger partial charge in [0.15, 0.2) is 17.0 Å². The van der Waals surface area contributed by atoms with Gasteiger partial charge in [0.1, 0.15) is 0 Å². The lowest BCUT2D eigenvalue weighted by molar-refractivity contribution is -0.153. The number of anilines is 1. The Morgan fingerprint density at radius 3 is 2.64 bits per heavy atom. The maximum Gasteiger partial charge on any atom is 0.307 e. The van der Waals surface area contributed by atoms with E-state index < -0.39 is 18.0 Å². The second kappa shape index (κ2) is 8.94. The van der Waals surface area contributed by atoms with E-state index in [0.717, 1.165) is 11.3 Å². The van der Waals surface area contributed by atoms with Gasteiger partial charge in [0.05, 0.1) is 21.3 Å². The van der Waals surface area contributed by atoms with Gasteiger partial charge in [-0.05, 0) is 31.2 Å². The summed E-state index contributed by atoms with van der Waals surface area (Å²) in [6.45, 7) is 1.43. The van der Waals surface area contributed by atoms with Gasteiger partial charge >= 0.3 is 5.97 Å². The summed E-state index contributed by atoms with van der Waals surface area (Å²) in [7, 11) is 0. The molecule has 0 fully saturated rings. The summed E-state index contributed by atoms with van der Waals surface area (Å²) in [5.41, 5.74) is 0.321. The van der Waals surface area contributed by atoms with Gasteiger partial charge < -0.3 is 10.1 Å². The average molecular weight is 401 g/mol. The number of thiophene rings is 1. The fraction of sp³-hybridized carbons (Fsp3) is 0.250. The van der Waals surface area contributed by atoms with Gasteiger partial charge in [-0.1, -0.05) is 23.2 Å². The Labute approximate surface area is 158 Å². The molecule has 0 radical (unpaired) electrons. The number of ketones is 1. The number of hydrogen-bond acceptors (Lipinski definition) is 6. The van der Waals surface area contributed by atoms with E-state index in [4.69, 9.17) is 27.9 Å². The van der Waals surface area contributed by atoms with E-state index in [2.05, 4.69) is 10.3 Å². The van der Waals surface area contributed by atoms with E-state index in [-0.39, 0.29) is 23.8 Å². The molecule has 2 rings (SSSR count). The molecule has 0 spiro atoms. The molecule has 25 heavy (non-hydrogen) atoms. The van der Waals surface area contributed by atoms with Crippen LogP contribution in [0, 0.1) is 0 Å². The van der Waals surface area contributed by atoms with E-state index in [1.165, 1.54) is 13.1 Å². The summed E-state index contributed by atoms with van der Waals surface area (Å²) in [6.07, 6.45) is 0.312. The molecule has 0 aliphatic carbocycles. The van der Waals surface area contributed by atoms with Crippen LogP contribution in [-0.2, 0) is 14.3 Å². The molecule has 1 atom stereocenters. The Morgan fingerprint density at radius 2 is 2.00 bits per heavy atom. The van der Waals surface area contributed by atoms with Crippen LogP contribution in [0.25, 0.3) is 0 Å². The van der Waals surface area contributed by atoms with E-state index in [0.29, 0.717) is 14.9 Å². The zero-order valence-electron chi connectivity index (χ0n) is 13.1. The van der Waals surface area contributed by atoms with Crippen molar-refractivity contribution in [3.05, 3.63) is 44.8 Å². The summed E-state index contributed by atoms with van der Waals surface area (Å²) in [6, 6.07) is 6.41. The van der Waals surface area contributed by atoms with Crippen molar-refractivity contribution in [1.82, 2.24) is 4.98 Å². The normalized spacial score (nSPS) is 11.6. The molecule has 2 heterocycles. The smallest absolute Gasteiger partial charge is 0.307 e. The van der Waals surface area contributed by atoms with Crippen molar-refractivity contribution in [3.8, 4) is 0 Å². The molecule has 1 N–H and O–H groups in total. The molecule has 0 saturated heterocycles. The van der Waals surface area contributed by atoms with Crippen molar-refractivity contribution in [1.29, 1.82) is 0 Å². The zero-order valence-corrected chi connectivity index (χ0v) is 15.5. The minimum Gasteiger partial charge on any atom is -0.453 e. The van der Waals surface area contributed by atoms with Crippen molar-refractivity contribution >= 4 is 57.9 Å². The highest BCUT2D eigenvalue weighted by atomic mass is 35.5. The van der Waals surface area contributed by atoms with Crippen LogP contribution in [0.15, 0.2) is 30.5 Å². The zero-order chi connectivity index (χ0) is 18.4. The Hall–Kier alpha value is -1.96. The average Bonchev–Trinajstić information content (AvgIpc) is 3.01. The van der Waals surface area contributed by atoms with Crippen LogP contribution in [0.1, 0.15) is 29.4 Å². The number of halogens is 2. The lowest BCUT2D eigenvalue weighted by Crippen LogP contribution is -2.30. The Kier molecular flexibility index (Phi) is 6.92. The van der Waals surface area contributed by atoms with Crippen LogP contribution in [0.3, 0.4) is 0 Å². The molecule has 2 aromatic heterocycles.